The second-order valence-corrected chi connectivity index (χ2v) is 3.95. The van der Waals surface area contributed by atoms with E-state index in [-0.39, 0.29) is 10.9 Å². The van der Waals surface area contributed by atoms with Crippen molar-refractivity contribution in [1.82, 2.24) is 19.7 Å². The van der Waals surface area contributed by atoms with E-state index in [0.717, 1.165) is 6.07 Å². The molecule has 0 radical (unpaired) electrons. The van der Waals surface area contributed by atoms with Crippen LogP contribution in [0.5, 0.6) is 5.75 Å². The Labute approximate surface area is 105 Å². The Morgan fingerprint density at radius 3 is 2.89 bits per heavy atom. The molecule has 2 heterocycles. The van der Waals surface area contributed by atoms with E-state index < -0.39 is 5.82 Å². The molecule has 0 fully saturated rings. The van der Waals surface area contributed by atoms with Crippen LogP contribution in [0.25, 0.3) is 16.7 Å². The molecule has 0 aliphatic rings. The molecule has 1 aromatic carbocycles. The van der Waals surface area contributed by atoms with Crippen LogP contribution in [-0.2, 0) is 0 Å². The smallest absolute Gasteiger partial charge is 0.167 e. The zero-order valence-corrected chi connectivity index (χ0v) is 9.63. The van der Waals surface area contributed by atoms with Crippen LogP contribution in [0.15, 0.2) is 30.7 Å². The lowest BCUT2D eigenvalue weighted by Gasteiger charge is -2.05. The highest BCUT2D eigenvalue weighted by Crippen LogP contribution is 2.26. The van der Waals surface area contributed by atoms with Gasteiger partial charge in [0.2, 0.25) is 0 Å². The fourth-order valence-electron chi connectivity index (χ4n) is 1.67. The van der Waals surface area contributed by atoms with Crippen LogP contribution in [0, 0.1) is 5.82 Å². The minimum absolute atomic E-state index is 0.227. The van der Waals surface area contributed by atoms with Crippen LogP contribution >= 0.6 is 11.6 Å². The number of phenols is 1. The van der Waals surface area contributed by atoms with Gasteiger partial charge in [0.05, 0.1) is 11.6 Å². The number of hydrogen-bond donors (Lipinski definition) is 1. The molecule has 90 valence electrons. The molecule has 0 bridgehead atoms. The first-order chi connectivity index (χ1) is 8.66. The molecule has 0 saturated heterocycles. The van der Waals surface area contributed by atoms with Gasteiger partial charge in [0.25, 0.3) is 0 Å². The average molecular weight is 265 g/mol. The summed E-state index contributed by atoms with van der Waals surface area (Å²) in [6, 6.07) is 3.64. The first kappa shape index (κ1) is 10.9. The minimum atomic E-state index is -0.527. The third-order valence-electron chi connectivity index (χ3n) is 2.48. The van der Waals surface area contributed by atoms with Crippen LogP contribution in [0.2, 0.25) is 5.15 Å². The Morgan fingerprint density at radius 2 is 2.11 bits per heavy atom. The average Bonchev–Trinajstić information content (AvgIpc) is 2.74. The molecule has 0 atom stereocenters. The van der Waals surface area contributed by atoms with Gasteiger partial charge in [-0.2, -0.15) is 5.10 Å². The minimum Gasteiger partial charge on any atom is -0.506 e. The van der Waals surface area contributed by atoms with E-state index in [2.05, 4.69) is 15.1 Å². The highest BCUT2D eigenvalue weighted by atomic mass is 35.5. The number of rotatable bonds is 1. The molecule has 0 unspecified atom stereocenters. The highest BCUT2D eigenvalue weighted by molar-refractivity contribution is 6.33. The Morgan fingerprint density at radius 1 is 1.28 bits per heavy atom. The fourth-order valence-corrected chi connectivity index (χ4v) is 1.84. The molecule has 1 N–H and O–H groups in total. The Kier molecular flexibility index (Phi) is 2.38. The molecule has 2 aromatic heterocycles. The maximum atomic E-state index is 12.9. The van der Waals surface area contributed by atoms with E-state index in [1.165, 1.54) is 29.3 Å². The number of halogens is 2. The van der Waals surface area contributed by atoms with Gasteiger partial charge in [-0.05, 0) is 12.1 Å². The van der Waals surface area contributed by atoms with Gasteiger partial charge in [0, 0.05) is 6.07 Å². The van der Waals surface area contributed by atoms with Crippen molar-refractivity contribution in [2.45, 2.75) is 0 Å². The molecule has 0 amide bonds. The molecule has 3 rings (SSSR count). The van der Waals surface area contributed by atoms with Crippen molar-refractivity contribution in [3.63, 3.8) is 0 Å². The summed E-state index contributed by atoms with van der Waals surface area (Å²) < 4.78 is 14.3. The lowest BCUT2D eigenvalue weighted by Crippen LogP contribution is -1.98. The van der Waals surface area contributed by atoms with Crippen molar-refractivity contribution in [1.29, 1.82) is 0 Å². The van der Waals surface area contributed by atoms with Crippen molar-refractivity contribution in [3.8, 4) is 11.4 Å². The number of fused-ring (bicyclic) bond motifs is 1. The van der Waals surface area contributed by atoms with E-state index >= 15 is 0 Å². The summed E-state index contributed by atoms with van der Waals surface area (Å²) in [6.07, 6.45) is 2.78. The van der Waals surface area contributed by atoms with E-state index in [9.17, 15) is 9.50 Å². The molecule has 7 heteroatoms. The summed E-state index contributed by atoms with van der Waals surface area (Å²) in [7, 11) is 0. The summed E-state index contributed by atoms with van der Waals surface area (Å²) in [6.45, 7) is 0. The van der Waals surface area contributed by atoms with Crippen molar-refractivity contribution in [2.75, 3.05) is 0 Å². The van der Waals surface area contributed by atoms with Gasteiger partial charge in [-0.1, -0.05) is 11.6 Å². The molecular formula is C11H6ClFN4O. The van der Waals surface area contributed by atoms with Crippen LogP contribution in [0.1, 0.15) is 0 Å². The second kappa shape index (κ2) is 3.92. The van der Waals surface area contributed by atoms with Gasteiger partial charge in [0.1, 0.15) is 28.7 Å². The third kappa shape index (κ3) is 1.58. The molecule has 3 aromatic rings. The van der Waals surface area contributed by atoms with Crippen molar-refractivity contribution >= 4 is 22.6 Å². The number of nitrogens with zero attached hydrogens (tertiary/aromatic N) is 4. The van der Waals surface area contributed by atoms with Crippen LogP contribution < -0.4 is 0 Å². The number of aromatic hydroxyl groups is 1. The molecule has 0 aliphatic carbocycles. The molecule has 0 saturated carbocycles. The fraction of sp³-hybridized carbons (Fsp3) is 0. The topological polar surface area (TPSA) is 63.8 Å². The van der Waals surface area contributed by atoms with E-state index in [0.29, 0.717) is 16.7 Å². The largest absolute Gasteiger partial charge is 0.506 e. The number of benzene rings is 1. The Balaban J connectivity index is 2.29. The molecule has 18 heavy (non-hydrogen) atoms. The quantitative estimate of drug-likeness (QED) is 0.685. The Hall–Kier alpha value is -2.21. The first-order valence-corrected chi connectivity index (χ1v) is 5.38. The summed E-state index contributed by atoms with van der Waals surface area (Å²) in [5, 5.41) is 14.6. The SMILES string of the molecule is Oc1cc(F)ccc1-n1ncc2c(Cl)ncnc21. The predicted octanol–water partition coefficient (Wildman–Crippen LogP) is 2.31. The van der Waals surface area contributed by atoms with Crippen molar-refractivity contribution in [3.05, 3.63) is 41.7 Å². The van der Waals surface area contributed by atoms with Gasteiger partial charge in [-0.25, -0.2) is 19.0 Å². The van der Waals surface area contributed by atoms with Gasteiger partial charge in [0.15, 0.2) is 5.65 Å². The highest BCUT2D eigenvalue weighted by Gasteiger charge is 2.12. The molecule has 0 aliphatic heterocycles. The molecule has 5 nitrogen and oxygen atoms in total. The maximum absolute atomic E-state index is 12.9. The molecular weight excluding hydrogens is 259 g/mol. The van der Waals surface area contributed by atoms with E-state index in [1.807, 2.05) is 0 Å². The predicted molar refractivity (Wildman–Crippen MR) is 63.3 cm³/mol. The Bertz CT molecular complexity index is 743. The maximum Gasteiger partial charge on any atom is 0.167 e. The standard InChI is InChI=1S/C11H6ClFN4O/c12-10-7-4-16-17(11(7)15-5-14-10)8-2-1-6(13)3-9(8)18/h1-5,18H. The number of phenolic OH excluding ortho intramolecular Hbond substituents is 1. The number of aromatic nitrogens is 4. The summed E-state index contributed by atoms with van der Waals surface area (Å²) in [5.74, 6) is -0.755. The summed E-state index contributed by atoms with van der Waals surface area (Å²) in [4.78, 5) is 7.87. The van der Waals surface area contributed by atoms with Gasteiger partial charge < -0.3 is 5.11 Å². The van der Waals surface area contributed by atoms with Gasteiger partial charge in [-0.3, -0.25) is 0 Å². The van der Waals surface area contributed by atoms with Crippen LogP contribution in [0.3, 0.4) is 0 Å². The van der Waals surface area contributed by atoms with Crippen molar-refractivity contribution in [2.24, 2.45) is 0 Å². The van der Waals surface area contributed by atoms with E-state index in [1.54, 1.807) is 0 Å². The van der Waals surface area contributed by atoms with Gasteiger partial charge in [-0.15, -0.1) is 0 Å². The summed E-state index contributed by atoms with van der Waals surface area (Å²) in [5.41, 5.74) is 0.762. The van der Waals surface area contributed by atoms with Crippen LogP contribution in [-0.4, -0.2) is 24.9 Å². The molecule has 0 spiro atoms. The second-order valence-electron chi connectivity index (χ2n) is 3.59. The lowest BCUT2D eigenvalue weighted by atomic mass is 10.3. The van der Waals surface area contributed by atoms with Crippen LogP contribution in [0.4, 0.5) is 4.39 Å². The third-order valence-corrected chi connectivity index (χ3v) is 2.78. The zero-order valence-electron chi connectivity index (χ0n) is 8.88. The lowest BCUT2D eigenvalue weighted by molar-refractivity contribution is 0.464. The van der Waals surface area contributed by atoms with Crippen molar-refractivity contribution < 1.29 is 9.50 Å². The van der Waals surface area contributed by atoms with Gasteiger partial charge >= 0.3 is 0 Å². The monoisotopic (exact) mass is 264 g/mol. The van der Waals surface area contributed by atoms with E-state index in [4.69, 9.17) is 11.6 Å². The summed E-state index contributed by atoms with van der Waals surface area (Å²) >= 11 is 5.90. The first-order valence-electron chi connectivity index (χ1n) is 5.00. The normalized spacial score (nSPS) is 11.0. The zero-order chi connectivity index (χ0) is 12.7. The number of hydrogen-bond acceptors (Lipinski definition) is 4.